The van der Waals surface area contributed by atoms with Gasteiger partial charge in [-0.05, 0) is 27.0 Å². The molecule has 0 unspecified atom stereocenters. The number of rotatable bonds is 2. The van der Waals surface area contributed by atoms with Crippen molar-refractivity contribution in [1.29, 1.82) is 0 Å². The van der Waals surface area contributed by atoms with Crippen molar-refractivity contribution in [2.75, 3.05) is 12.0 Å². The number of esters is 1. The van der Waals surface area contributed by atoms with E-state index in [1.165, 1.54) is 18.0 Å². The quantitative estimate of drug-likeness (QED) is 0.482. The van der Waals surface area contributed by atoms with E-state index in [4.69, 9.17) is 10.5 Å². The smallest absolute Gasteiger partial charge is 0.343 e. The van der Waals surface area contributed by atoms with Crippen LogP contribution in [0.25, 0.3) is 0 Å². The molecule has 88 valence electrons. The van der Waals surface area contributed by atoms with E-state index in [9.17, 15) is 4.79 Å². The minimum Gasteiger partial charge on any atom is -0.456 e. The molecule has 5 nitrogen and oxygen atoms in total. The fraction of sp³-hybridized carbons (Fsp3) is 0.500. The molecule has 0 aliphatic rings. The van der Waals surface area contributed by atoms with Crippen LogP contribution in [-0.4, -0.2) is 27.8 Å². The average Bonchev–Trinajstić information content (AvgIpc) is 2.14. The van der Waals surface area contributed by atoms with Crippen LogP contribution < -0.4 is 5.73 Å². The van der Waals surface area contributed by atoms with Crippen LogP contribution in [0.2, 0.25) is 0 Å². The van der Waals surface area contributed by atoms with E-state index in [1.54, 1.807) is 0 Å². The molecule has 1 aromatic heterocycles. The summed E-state index contributed by atoms with van der Waals surface area (Å²) in [5, 5.41) is 0.529. The Morgan fingerprint density at radius 3 is 2.62 bits per heavy atom. The highest BCUT2D eigenvalue weighted by Gasteiger charge is 2.21. The normalized spacial score (nSPS) is 11.2. The first-order valence-corrected chi connectivity index (χ1v) is 5.96. The predicted molar refractivity (Wildman–Crippen MR) is 63.4 cm³/mol. The van der Waals surface area contributed by atoms with Crippen LogP contribution >= 0.6 is 11.8 Å². The lowest BCUT2D eigenvalue weighted by Crippen LogP contribution is -2.24. The third kappa shape index (κ3) is 3.37. The number of carbonyl (C=O) groups excluding carboxylic acids is 1. The van der Waals surface area contributed by atoms with Gasteiger partial charge in [0, 0.05) is 6.20 Å². The standard InChI is InChI=1S/C10H15N3O2S/c1-10(2,3)15-8(14)6-5-12-9(11)13-7(6)16-4/h5H,1-4H3,(H2,11,12,13). The molecule has 1 heterocycles. The van der Waals surface area contributed by atoms with Crippen molar-refractivity contribution in [3.63, 3.8) is 0 Å². The van der Waals surface area contributed by atoms with Crippen molar-refractivity contribution in [3.05, 3.63) is 11.8 Å². The number of thioether (sulfide) groups is 1. The molecule has 0 aliphatic heterocycles. The van der Waals surface area contributed by atoms with Gasteiger partial charge in [-0.3, -0.25) is 0 Å². The Kier molecular flexibility index (Phi) is 3.74. The monoisotopic (exact) mass is 241 g/mol. The lowest BCUT2D eigenvalue weighted by Gasteiger charge is -2.19. The summed E-state index contributed by atoms with van der Waals surface area (Å²) < 4.78 is 5.23. The number of hydrogen-bond donors (Lipinski definition) is 1. The average molecular weight is 241 g/mol. The molecular formula is C10H15N3O2S. The van der Waals surface area contributed by atoms with E-state index < -0.39 is 11.6 Å². The lowest BCUT2D eigenvalue weighted by molar-refractivity contribution is 0.00643. The number of carbonyl (C=O) groups is 1. The number of anilines is 1. The van der Waals surface area contributed by atoms with Gasteiger partial charge in [-0.2, -0.15) is 0 Å². The third-order valence-corrected chi connectivity index (χ3v) is 2.28. The van der Waals surface area contributed by atoms with Crippen molar-refractivity contribution in [2.24, 2.45) is 0 Å². The number of nitrogen functional groups attached to an aromatic ring is 1. The molecule has 0 spiro atoms. The van der Waals surface area contributed by atoms with E-state index in [2.05, 4.69) is 9.97 Å². The fourth-order valence-corrected chi connectivity index (χ4v) is 1.55. The molecule has 0 saturated carbocycles. The molecule has 0 radical (unpaired) electrons. The molecule has 1 aromatic rings. The van der Waals surface area contributed by atoms with Crippen molar-refractivity contribution in [2.45, 2.75) is 31.4 Å². The summed E-state index contributed by atoms with van der Waals surface area (Å²) in [5.74, 6) is -0.284. The Bertz CT molecular complexity index is 402. The van der Waals surface area contributed by atoms with Gasteiger partial charge >= 0.3 is 5.97 Å². The molecule has 0 saturated heterocycles. The maximum atomic E-state index is 11.8. The molecule has 2 N–H and O–H groups in total. The van der Waals surface area contributed by atoms with E-state index in [1.807, 2.05) is 27.0 Å². The summed E-state index contributed by atoms with van der Waals surface area (Å²) in [6.45, 7) is 5.42. The SMILES string of the molecule is CSc1nc(N)ncc1C(=O)OC(C)(C)C. The zero-order valence-corrected chi connectivity index (χ0v) is 10.6. The van der Waals surface area contributed by atoms with Crippen molar-refractivity contribution >= 4 is 23.7 Å². The second-order valence-electron chi connectivity index (χ2n) is 4.15. The van der Waals surface area contributed by atoms with Gasteiger partial charge in [0.05, 0.1) is 0 Å². The molecule has 0 atom stereocenters. The number of nitrogens with zero attached hydrogens (tertiary/aromatic N) is 2. The van der Waals surface area contributed by atoms with E-state index in [0.29, 0.717) is 10.6 Å². The molecule has 0 aliphatic carbocycles. The van der Waals surface area contributed by atoms with Crippen molar-refractivity contribution < 1.29 is 9.53 Å². The summed E-state index contributed by atoms with van der Waals surface area (Å²) in [6.07, 6.45) is 3.21. The van der Waals surface area contributed by atoms with Crippen LogP contribution in [0.5, 0.6) is 0 Å². The molecule has 0 bridgehead atoms. The van der Waals surface area contributed by atoms with Gasteiger partial charge in [0.2, 0.25) is 5.95 Å². The topological polar surface area (TPSA) is 78.1 Å². The van der Waals surface area contributed by atoms with Gasteiger partial charge < -0.3 is 10.5 Å². The van der Waals surface area contributed by atoms with Gasteiger partial charge in [-0.15, -0.1) is 11.8 Å². The van der Waals surface area contributed by atoms with Crippen molar-refractivity contribution in [3.8, 4) is 0 Å². The van der Waals surface area contributed by atoms with E-state index in [-0.39, 0.29) is 5.95 Å². The molecule has 16 heavy (non-hydrogen) atoms. The Morgan fingerprint density at radius 1 is 1.50 bits per heavy atom. The highest BCUT2D eigenvalue weighted by Crippen LogP contribution is 2.20. The number of nitrogens with two attached hydrogens (primary N) is 1. The van der Waals surface area contributed by atoms with Crippen LogP contribution in [-0.2, 0) is 4.74 Å². The van der Waals surface area contributed by atoms with Gasteiger partial charge in [0.1, 0.15) is 16.2 Å². The molecule has 0 aromatic carbocycles. The largest absolute Gasteiger partial charge is 0.456 e. The lowest BCUT2D eigenvalue weighted by atomic mass is 10.2. The number of ether oxygens (including phenoxy) is 1. The molecule has 0 amide bonds. The second-order valence-corrected chi connectivity index (χ2v) is 4.95. The summed E-state index contributed by atoms with van der Waals surface area (Å²) >= 11 is 1.33. The molecule has 1 rings (SSSR count). The second kappa shape index (κ2) is 4.69. The van der Waals surface area contributed by atoms with Crippen LogP contribution in [0.3, 0.4) is 0 Å². The summed E-state index contributed by atoms with van der Waals surface area (Å²) in [4.78, 5) is 19.6. The molecule has 6 heteroatoms. The van der Waals surface area contributed by atoms with Gasteiger partial charge in [-0.1, -0.05) is 0 Å². The number of hydrogen-bond acceptors (Lipinski definition) is 6. The first-order chi connectivity index (χ1) is 7.33. The fourth-order valence-electron chi connectivity index (χ4n) is 1.01. The minimum absolute atomic E-state index is 0.150. The maximum Gasteiger partial charge on any atom is 0.343 e. The number of aromatic nitrogens is 2. The van der Waals surface area contributed by atoms with Gasteiger partial charge in [0.15, 0.2) is 0 Å². The minimum atomic E-state index is -0.534. The summed E-state index contributed by atoms with van der Waals surface area (Å²) in [5.41, 5.74) is 5.25. The predicted octanol–water partition coefficient (Wildman–Crippen LogP) is 1.74. The maximum absolute atomic E-state index is 11.8. The zero-order valence-electron chi connectivity index (χ0n) is 9.77. The molecular weight excluding hydrogens is 226 g/mol. The van der Waals surface area contributed by atoms with E-state index in [0.717, 1.165) is 0 Å². The third-order valence-electron chi connectivity index (χ3n) is 1.58. The van der Waals surface area contributed by atoms with Crippen LogP contribution in [0.4, 0.5) is 5.95 Å². The highest BCUT2D eigenvalue weighted by molar-refractivity contribution is 7.98. The van der Waals surface area contributed by atoms with Crippen LogP contribution in [0, 0.1) is 0 Å². The summed E-state index contributed by atoms with van der Waals surface area (Å²) in [7, 11) is 0. The van der Waals surface area contributed by atoms with Crippen molar-refractivity contribution in [1.82, 2.24) is 9.97 Å². The Morgan fingerprint density at radius 2 is 2.12 bits per heavy atom. The highest BCUT2D eigenvalue weighted by atomic mass is 32.2. The first kappa shape index (κ1) is 12.8. The van der Waals surface area contributed by atoms with E-state index >= 15 is 0 Å². The zero-order chi connectivity index (χ0) is 12.3. The van der Waals surface area contributed by atoms with Gasteiger partial charge in [0.25, 0.3) is 0 Å². The van der Waals surface area contributed by atoms with Gasteiger partial charge in [-0.25, -0.2) is 14.8 Å². The van der Waals surface area contributed by atoms with Crippen LogP contribution in [0.1, 0.15) is 31.1 Å². The summed E-state index contributed by atoms with van der Waals surface area (Å²) in [6, 6.07) is 0. The molecule has 0 fully saturated rings. The Hall–Kier alpha value is -1.30. The first-order valence-electron chi connectivity index (χ1n) is 4.73. The Balaban J connectivity index is 2.99. The van der Waals surface area contributed by atoms with Crippen LogP contribution in [0.15, 0.2) is 11.2 Å². The Labute approximate surface area is 98.8 Å².